The number of aromatic nitrogens is 2. The molecule has 1 aliphatic heterocycles. The van der Waals surface area contributed by atoms with Crippen LogP contribution in [0.4, 0.5) is 0 Å². The molecule has 0 amide bonds. The molecular formula is C10H14N2O4. The Balaban J connectivity index is 2.34. The minimum Gasteiger partial charge on any atom is -0.390 e. The number of aliphatic hydroxyl groups excluding tert-OH is 1. The summed E-state index contributed by atoms with van der Waals surface area (Å²) in [4.78, 5) is 25.4. The van der Waals surface area contributed by atoms with E-state index in [0.29, 0.717) is 6.42 Å². The van der Waals surface area contributed by atoms with E-state index in [1.807, 2.05) is 6.92 Å². The molecule has 1 unspecified atom stereocenters. The quantitative estimate of drug-likeness (QED) is 0.718. The molecule has 1 saturated heterocycles. The van der Waals surface area contributed by atoms with E-state index >= 15 is 0 Å². The Bertz CT molecular complexity index is 450. The SMILES string of the molecule is CC[C@H]1O[C@H](n2c(=O)cc[nH]c2=O)CC1O. The van der Waals surface area contributed by atoms with Gasteiger partial charge in [0, 0.05) is 18.7 Å². The van der Waals surface area contributed by atoms with Gasteiger partial charge in [0.2, 0.25) is 0 Å². The number of H-pyrrole nitrogens is 1. The lowest BCUT2D eigenvalue weighted by Gasteiger charge is -2.13. The molecule has 16 heavy (non-hydrogen) atoms. The van der Waals surface area contributed by atoms with Gasteiger partial charge in [0.15, 0.2) is 0 Å². The Morgan fingerprint density at radius 3 is 2.94 bits per heavy atom. The Morgan fingerprint density at radius 1 is 1.62 bits per heavy atom. The van der Waals surface area contributed by atoms with Crippen LogP contribution < -0.4 is 11.2 Å². The number of nitrogens with one attached hydrogen (secondary N) is 1. The van der Waals surface area contributed by atoms with E-state index in [0.717, 1.165) is 4.57 Å². The minimum atomic E-state index is -0.669. The van der Waals surface area contributed by atoms with Crippen LogP contribution in [0.25, 0.3) is 0 Å². The summed E-state index contributed by atoms with van der Waals surface area (Å²) in [7, 11) is 0. The van der Waals surface area contributed by atoms with Gasteiger partial charge >= 0.3 is 5.69 Å². The molecule has 2 rings (SSSR count). The average Bonchev–Trinajstić information content (AvgIpc) is 2.59. The summed E-state index contributed by atoms with van der Waals surface area (Å²) in [6, 6.07) is 1.26. The van der Waals surface area contributed by atoms with Gasteiger partial charge in [-0.1, -0.05) is 6.92 Å². The molecule has 0 bridgehead atoms. The van der Waals surface area contributed by atoms with Crippen LogP contribution in [0.2, 0.25) is 0 Å². The normalized spacial score (nSPS) is 29.5. The summed E-state index contributed by atoms with van der Waals surface area (Å²) in [5, 5.41) is 9.65. The van der Waals surface area contributed by atoms with Gasteiger partial charge in [0.1, 0.15) is 6.23 Å². The zero-order valence-electron chi connectivity index (χ0n) is 8.92. The lowest BCUT2D eigenvalue weighted by atomic mass is 10.1. The van der Waals surface area contributed by atoms with Crippen molar-refractivity contribution in [3.63, 3.8) is 0 Å². The number of aromatic amines is 1. The third kappa shape index (κ3) is 1.81. The van der Waals surface area contributed by atoms with Crippen molar-refractivity contribution in [2.75, 3.05) is 0 Å². The summed E-state index contributed by atoms with van der Waals surface area (Å²) >= 11 is 0. The molecule has 88 valence electrons. The number of rotatable bonds is 2. The second-order valence-electron chi connectivity index (χ2n) is 3.83. The third-order valence-corrected chi connectivity index (χ3v) is 2.78. The van der Waals surface area contributed by atoms with E-state index < -0.39 is 23.6 Å². The molecule has 0 aliphatic carbocycles. The molecule has 2 N–H and O–H groups in total. The molecule has 1 aromatic heterocycles. The zero-order valence-corrected chi connectivity index (χ0v) is 8.92. The van der Waals surface area contributed by atoms with Gasteiger partial charge in [-0.15, -0.1) is 0 Å². The number of aliphatic hydroxyl groups is 1. The molecule has 0 radical (unpaired) electrons. The maximum Gasteiger partial charge on any atom is 0.330 e. The molecule has 2 heterocycles. The van der Waals surface area contributed by atoms with Crippen LogP contribution in [0.15, 0.2) is 21.9 Å². The monoisotopic (exact) mass is 226 g/mol. The van der Waals surface area contributed by atoms with Crippen molar-refractivity contribution < 1.29 is 9.84 Å². The van der Waals surface area contributed by atoms with Crippen molar-refractivity contribution in [1.82, 2.24) is 9.55 Å². The highest BCUT2D eigenvalue weighted by molar-refractivity contribution is 4.88. The van der Waals surface area contributed by atoms with Crippen LogP contribution in [0, 0.1) is 0 Å². The standard InChI is InChI=1S/C10H14N2O4/c1-2-7-6(13)5-9(16-7)12-8(14)3-4-11-10(12)15/h3-4,6-7,9,13H,2,5H2,1H3,(H,11,15)/t6?,7-,9+/m1/s1. The lowest BCUT2D eigenvalue weighted by Crippen LogP contribution is -2.37. The number of nitrogens with zero attached hydrogens (tertiary/aromatic N) is 1. The Hall–Kier alpha value is -1.40. The number of ether oxygens (including phenoxy) is 1. The summed E-state index contributed by atoms with van der Waals surface area (Å²) in [5.41, 5.74) is -0.931. The van der Waals surface area contributed by atoms with Gasteiger partial charge in [0.05, 0.1) is 12.2 Å². The fourth-order valence-electron chi connectivity index (χ4n) is 1.95. The molecule has 0 aromatic carbocycles. The molecule has 1 aliphatic rings. The maximum atomic E-state index is 11.5. The summed E-state index contributed by atoms with van der Waals surface area (Å²) < 4.78 is 6.46. The van der Waals surface area contributed by atoms with Gasteiger partial charge in [-0.25, -0.2) is 9.36 Å². The van der Waals surface area contributed by atoms with Crippen molar-refractivity contribution in [2.45, 2.75) is 38.2 Å². The topological polar surface area (TPSA) is 84.3 Å². The maximum absolute atomic E-state index is 11.5. The fraction of sp³-hybridized carbons (Fsp3) is 0.600. The van der Waals surface area contributed by atoms with Crippen LogP contribution in [0.5, 0.6) is 0 Å². The zero-order chi connectivity index (χ0) is 11.7. The van der Waals surface area contributed by atoms with Gasteiger partial charge in [-0.05, 0) is 6.42 Å². The highest BCUT2D eigenvalue weighted by atomic mass is 16.5. The highest BCUT2D eigenvalue weighted by Crippen LogP contribution is 2.28. The van der Waals surface area contributed by atoms with Crippen molar-refractivity contribution in [3.8, 4) is 0 Å². The van der Waals surface area contributed by atoms with Gasteiger partial charge in [-0.3, -0.25) is 4.79 Å². The van der Waals surface area contributed by atoms with Crippen LogP contribution >= 0.6 is 0 Å². The molecule has 1 fully saturated rings. The number of hydrogen-bond acceptors (Lipinski definition) is 4. The first-order valence-electron chi connectivity index (χ1n) is 5.27. The first kappa shape index (κ1) is 11.1. The summed E-state index contributed by atoms with van der Waals surface area (Å²) in [6.45, 7) is 1.88. The molecule has 6 heteroatoms. The van der Waals surface area contributed by atoms with Crippen LogP contribution in [0.3, 0.4) is 0 Å². The summed E-state index contributed by atoms with van der Waals surface area (Å²) in [6.07, 6.45) is 0.613. The van der Waals surface area contributed by atoms with E-state index in [1.54, 1.807) is 0 Å². The molecule has 1 aromatic rings. The lowest BCUT2D eigenvalue weighted by molar-refractivity contribution is -0.0230. The van der Waals surface area contributed by atoms with E-state index in [-0.39, 0.29) is 12.5 Å². The van der Waals surface area contributed by atoms with Crippen molar-refractivity contribution in [1.29, 1.82) is 0 Å². The predicted octanol–water partition coefficient (Wildman–Crippen LogP) is -0.405. The highest BCUT2D eigenvalue weighted by Gasteiger charge is 2.34. The molecular weight excluding hydrogens is 212 g/mol. The van der Waals surface area contributed by atoms with Crippen molar-refractivity contribution in [3.05, 3.63) is 33.1 Å². The fourth-order valence-corrected chi connectivity index (χ4v) is 1.95. The van der Waals surface area contributed by atoms with E-state index in [9.17, 15) is 14.7 Å². The Labute approximate surface area is 91.5 Å². The van der Waals surface area contributed by atoms with Crippen LogP contribution in [-0.2, 0) is 4.74 Å². The first-order chi connectivity index (χ1) is 7.63. The summed E-state index contributed by atoms with van der Waals surface area (Å²) in [5.74, 6) is 0. The van der Waals surface area contributed by atoms with Crippen LogP contribution in [0.1, 0.15) is 26.0 Å². The molecule has 3 atom stereocenters. The molecule has 6 nitrogen and oxygen atoms in total. The number of hydrogen-bond donors (Lipinski definition) is 2. The Morgan fingerprint density at radius 2 is 2.38 bits per heavy atom. The van der Waals surface area contributed by atoms with Gasteiger partial charge < -0.3 is 14.8 Å². The van der Waals surface area contributed by atoms with Crippen LogP contribution in [-0.4, -0.2) is 26.9 Å². The van der Waals surface area contributed by atoms with E-state index in [4.69, 9.17) is 4.74 Å². The Kier molecular flexibility index (Phi) is 2.93. The van der Waals surface area contributed by atoms with Gasteiger partial charge in [0.25, 0.3) is 5.56 Å². The van der Waals surface area contributed by atoms with Gasteiger partial charge in [-0.2, -0.15) is 0 Å². The molecule has 0 saturated carbocycles. The molecule has 0 spiro atoms. The second kappa shape index (κ2) is 4.23. The average molecular weight is 226 g/mol. The van der Waals surface area contributed by atoms with E-state index in [2.05, 4.69) is 4.98 Å². The van der Waals surface area contributed by atoms with Crippen molar-refractivity contribution in [2.24, 2.45) is 0 Å². The first-order valence-corrected chi connectivity index (χ1v) is 5.27. The minimum absolute atomic E-state index is 0.269. The smallest absolute Gasteiger partial charge is 0.330 e. The van der Waals surface area contributed by atoms with Crippen molar-refractivity contribution >= 4 is 0 Å². The van der Waals surface area contributed by atoms with E-state index in [1.165, 1.54) is 12.3 Å². The second-order valence-corrected chi connectivity index (χ2v) is 3.83. The largest absolute Gasteiger partial charge is 0.390 e. The third-order valence-electron chi connectivity index (χ3n) is 2.78. The predicted molar refractivity (Wildman–Crippen MR) is 56.1 cm³/mol.